The highest BCUT2D eigenvalue weighted by molar-refractivity contribution is 5.83. The van der Waals surface area contributed by atoms with Gasteiger partial charge in [-0.25, -0.2) is 4.79 Å². The Labute approximate surface area is 127 Å². The summed E-state index contributed by atoms with van der Waals surface area (Å²) in [6.07, 6.45) is 5.16. The van der Waals surface area contributed by atoms with Crippen molar-refractivity contribution >= 4 is 11.9 Å². The molecule has 21 heavy (non-hydrogen) atoms. The van der Waals surface area contributed by atoms with Crippen LogP contribution in [0.3, 0.4) is 0 Å². The lowest BCUT2D eigenvalue weighted by molar-refractivity contribution is -0.142. The van der Waals surface area contributed by atoms with E-state index in [0.29, 0.717) is 38.3 Å². The number of hydrogen-bond donors (Lipinski definition) is 3. The zero-order valence-electron chi connectivity index (χ0n) is 13.3. The van der Waals surface area contributed by atoms with Crippen molar-refractivity contribution in [3.8, 4) is 0 Å². The molecule has 0 aromatic rings. The molecule has 1 amide bonds. The van der Waals surface area contributed by atoms with E-state index in [0.717, 1.165) is 25.7 Å². The van der Waals surface area contributed by atoms with E-state index in [4.69, 9.17) is 15.6 Å². The van der Waals surface area contributed by atoms with Crippen molar-refractivity contribution in [1.82, 2.24) is 5.32 Å². The zero-order chi connectivity index (χ0) is 16.1. The fraction of sp³-hybridized carbons (Fsp3) is 0.867. The summed E-state index contributed by atoms with van der Waals surface area (Å²) in [5, 5.41) is 11.7. The normalized spacial score (nSPS) is 13.7. The van der Waals surface area contributed by atoms with Crippen molar-refractivity contribution in [1.29, 1.82) is 0 Å². The van der Waals surface area contributed by atoms with Crippen molar-refractivity contribution in [3.63, 3.8) is 0 Å². The quantitative estimate of drug-likeness (QED) is 0.448. The SMILES string of the molecule is CCCC(CCN)CCC(=O)NC(CCCOC)C(=O)O. The summed E-state index contributed by atoms with van der Waals surface area (Å²) in [5.41, 5.74) is 5.56. The minimum atomic E-state index is -0.994. The Hall–Kier alpha value is -1.14. The fourth-order valence-corrected chi connectivity index (χ4v) is 2.37. The molecule has 6 nitrogen and oxygen atoms in total. The van der Waals surface area contributed by atoms with E-state index in [9.17, 15) is 9.59 Å². The summed E-state index contributed by atoms with van der Waals surface area (Å²) in [6, 6.07) is -0.827. The molecule has 0 aliphatic heterocycles. The van der Waals surface area contributed by atoms with Crippen LogP contribution in [0, 0.1) is 5.92 Å². The second kappa shape index (κ2) is 12.6. The second-order valence-electron chi connectivity index (χ2n) is 5.36. The summed E-state index contributed by atoms with van der Waals surface area (Å²) >= 11 is 0. The summed E-state index contributed by atoms with van der Waals surface area (Å²) < 4.78 is 4.89. The van der Waals surface area contributed by atoms with Crippen molar-refractivity contribution in [2.45, 2.75) is 57.9 Å². The molecule has 0 aliphatic carbocycles. The average molecular weight is 302 g/mol. The molecule has 0 heterocycles. The zero-order valence-corrected chi connectivity index (χ0v) is 13.3. The van der Waals surface area contributed by atoms with Gasteiger partial charge in [0, 0.05) is 20.1 Å². The van der Waals surface area contributed by atoms with Crippen LogP contribution in [0.15, 0.2) is 0 Å². The van der Waals surface area contributed by atoms with Gasteiger partial charge in [-0.2, -0.15) is 0 Å². The molecule has 0 aromatic heterocycles. The van der Waals surface area contributed by atoms with E-state index in [-0.39, 0.29) is 5.91 Å². The minimum absolute atomic E-state index is 0.196. The van der Waals surface area contributed by atoms with Crippen LogP contribution in [0.25, 0.3) is 0 Å². The molecule has 0 aliphatic rings. The minimum Gasteiger partial charge on any atom is -0.480 e. The number of rotatable bonds is 13. The van der Waals surface area contributed by atoms with Gasteiger partial charge in [0.25, 0.3) is 0 Å². The molecule has 0 fully saturated rings. The molecule has 2 atom stereocenters. The van der Waals surface area contributed by atoms with Gasteiger partial charge >= 0.3 is 5.97 Å². The molecule has 0 rings (SSSR count). The third-order valence-electron chi connectivity index (χ3n) is 3.53. The number of carbonyl (C=O) groups excluding carboxylic acids is 1. The second-order valence-corrected chi connectivity index (χ2v) is 5.36. The Balaban J connectivity index is 4.14. The average Bonchev–Trinajstić information content (AvgIpc) is 2.44. The van der Waals surface area contributed by atoms with Gasteiger partial charge in [0.2, 0.25) is 5.91 Å². The highest BCUT2D eigenvalue weighted by Crippen LogP contribution is 2.16. The number of carboxylic acids is 1. The molecular weight excluding hydrogens is 272 g/mol. The number of carbonyl (C=O) groups is 2. The highest BCUT2D eigenvalue weighted by Gasteiger charge is 2.19. The van der Waals surface area contributed by atoms with Crippen molar-refractivity contribution in [2.24, 2.45) is 11.7 Å². The summed E-state index contributed by atoms with van der Waals surface area (Å²) in [6.45, 7) is 3.23. The third-order valence-corrected chi connectivity index (χ3v) is 3.53. The lowest BCUT2D eigenvalue weighted by atomic mass is 9.94. The summed E-state index contributed by atoms with van der Waals surface area (Å²) in [4.78, 5) is 23.0. The maximum absolute atomic E-state index is 11.9. The van der Waals surface area contributed by atoms with E-state index in [1.54, 1.807) is 7.11 Å². The molecule has 0 bridgehead atoms. The van der Waals surface area contributed by atoms with Crippen molar-refractivity contribution < 1.29 is 19.4 Å². The number of nitrogens with one attached hydrogen (secondary N) is 1. The van der Waals surface area contributed by atoms with Gasteiger partial charge in [-0.3, -0.25) is 4.79 Å². The monoisotopic (exact) mass is 302 g/mol. The molecule has 2 unspecified atom stereocenters. The fourth-order valence-electron chi connectivity index (χ4n) is 2.37. The van der Waals surface area contributed by atoms with Gasteiger partial charge in [0.15, 0.2) is 0 Å². The maximum atomic E-state index is 11.9. The first-order chi connectivity index (χ1) is 10.0. The van der Waals surface area contributed by atoms with Gasteiger partial charge in [-0.1, -0.05) is 19.8 Å². The van der Waals surface area contributed by atoms with Crippen molar-refractivity contribution in [3.05, 3.63) is 0 Å². The number of hydrogen-bond acceptors (Lipinski definition) is 4. The molecule has 6 heteroatoms. The lowest BCUT2D eigenvalue weighted by Crippen LogP contribution is -2.41. The Morgan fingerprint density at radius 2 is 1.95 bits per heavy atom. The van der Waals surface area contributed by atoms with Crippen LogP contribution in [-0.4, -0.2) is 43.3 Å². The van der Waals surface area contributed by atoms with Crippen LogP contribution in [-0.2, 0) is 14.3 Å². The van der Waals surface area contributed by atoms with Gasteiger partial charge in [-0.05, 0) is 38.1 Å². The highest BCUT2D eigenvalue weighted by atomic mass is 16.5. The summed E-state index contributed by atoms with van der Waals surface area (Å²) in [5.74, 6) is -0.744. The molecule has 0 saturated heterocycles. The largest absolute Gasteiger partial charge is 0.480 e. The molecule has 0 aromatic carbocycles. The third kappa shape index (κ3) is 10.3. The van der Waals surface area contributed by atoms with E-state index in [2.05, 4.69) is 12.2 Å². The lowest BCUT2D eigenvalue weighted by Gasteiger charge is -2.17. The molecule has 0 radical (unpaired) electrons. The Bertz CT molecular complexity index is 291. The van der Waals surface area contributed by atoms with Crippen LogP contribution in [0.4, 0.5) is 0 Å². The number of carboxylic acid groups (broad SMARTS) is 1. The van der Waals surface area contributed by atoms with Crippen LogP contribution in [0.2, 0.25) is 0 Å². The standard InChI is InChI=1S/C15H30N2O4/c1-3-5-12(9-10-16)7-8-14(18)17-13(15(19)20)6-4-11-21-2/h12-13H,3-11,16H2,1-2H3,(H,17,18)(H,19,20). The number of aliphatic carboxylic acids is 1. The molecule has 4 N–H and O–H groups in total. The van der Waals surface area contributed by atoms with Crippen LogP contribution in [0.5, 0.6) is 0 Å². The first-order valence-electron chi connectivity index (χ1n) is 7.76. The number of methoxy groups -OCH3 is 1. The molecule has 0 saturated carbocycles. The van der Waals surface area contributed by atoms with E-state index >= 15 is 0 Å². The topological polar surface area (TPSA) is 102 Å². The van der Waals surface area contributed by atoms with Gasteiger partial charge in [0.05, 0.1) is 0 Å². The molecule has 124 valence electrons. The maximum Gasteiger partial charge on any atom is 0.326 e. The summed E-state index contributed by atoms with van der Waals surface area (Å²) in [7, 11) is 1.57. The Morgan fingerprint density at radius 1 is 1.24 bits per heavy atom. The van der Waals surface area contributed by atoms with Gasteiger partial charge in [0.1, 0.15) is 6.04 Å². The van der Waals surface area contributed by atoms with Crippen LogP contribution < -0.4 is 11.1 Å². The number of amides is 1. The molecule has 0 spiro atoms. The number of nitrogens with two attached hydrogens (primary N) is 1. The smallest absolute Gasteiger partial charge is 0.326 e. The van der Waals surface area contributed by atoms with Crippen LogP contribution in [0.1, 0.15) is 51.9 Å². The Kier molecular flexibility index (Phi) is 11.9. The predicted molar refractivity (Wildman–Crippen MR) is 82.0 cm³/mol. The molecular formula is C15H30N2O4. The van der Waals surface area contributed by atoms with Gasteiger partial charge in [-0.15, -0.1) is 0 Å². The predicted octanol–water partition coefficient (Wildman–Crippen LogP) is 1.53. The first-order valence-corrected chi connectivity index (χ1v) is 7.76. The van der Waals surface area contributed by atoms with Crippen molar-refractivity contribution in [2.75, 3.05) is 20.3 Å². The van der Waals surface area contributed by atoms with E-state index in [1.807, 2.05) is 0 Å². The van der Waals surface area contributed by atoms with E-state index < -0.39 is 12.0 Å². The number of ether oxygens (including phenoxy) is 1. The first kappa shape index (κ1) is 19.9. The Morgan fingerprint density at radius 3 is 2.48 bits per heavy atom. The van der Waals surface area contributed by atoms with Crippen LogP contribution >= 0.6 is 0 Å². The van der Waals surface area contributed by atoms with E-state index in [1.165, 1.54) is 0 Å². The van der Waals surface area contributed by atoms with Gasteiger partial charge < -0.3 is 20.9 Å².